The van der Waals surface area contributed by atoms with Gasteiger partial charge in [-0.05, 0) is 30.3 Å². The molecule has 1 aromatic heterocycles. The average molecular weight is 441 g/mol. The highest BCUT2D eigenvalue weighted by Crippen LogP contribution is 2.25. The van der Waals surface area contributed by atoms with Crippen LogP contribution in [0.4, 0.5) is 5.69 Å². The van der Waals surface area contributed by atoms with Crippen molar-refractivity contribution < 1.29 is 23.5 Å². The smallest absolute Gasteiger partial charge is 0.277 e. The summed E-state index contributed by atoms with van der Waals surface area (Å²) >= 11 is 1.02. The first-order valence-corrected chi connectivity index (χ1v) is 10.1. The molecule has 0 saturated carbocycles. The van der Waals surface area contributed by atoms with Crippen LogP contribution in [0, 0.1) is 0 Å². The predicted octanol–water partition coefficient (Wildman–Crippen LogP) is 2.01. The molecular weight excluding hydrogens is 422 g/mol. The van der Waals surface area contributed by atoms with Crippen LogP contribution in [0.3, 0.4) is 0 Å². The van der Waals surface area contributed by atoms with Crippen molar-refractivity contribution in [1.82, 2.24) is 21.0 Å². The molecule has 1 heterocycles. The molecule has 10 nitrogen and oxygen atoms in total. The molecule has 0 fully saturated rings. The first-order valence-electron chi connectivity index (χ1n) is 9.09. The third-order valence-electron chi connectivity index (χ3n) is 3.62. The summed E-state index contributed by atoms with van der Waals surface area (Å²) < 4.78 is 10.8. The van der Waals surface area contributed by atoms with E-state index in [-0.39, 0.29) is 29.4 Å². The van der Waals surface area contributed by atoms with E-state index >= 15 is 0 Å². The number of rotatable bonds is 8. The van der Waals surface area contributed by atoms with Crippen LogP contribution in [0.25, 0.3) is 11.5 Å². The zero-order chi connectivity index (χ0) is 22.1. The lowest BCUT2D eigenvalue weighted by Gasteiger charge is -2.08. The minimum atomic E-state index is -0.499. The highest BCUT2D eigenvalue weighted by Gasteiger charge is 2.12. The van der Waals surface area contributed by atoms with Gasteiger partial charge in [0.25, 0.3) is 11.1 Å². The molecule has 0 unspecified atom stereocenters. The SMILES string of the molecule is CC(=O)Nc1cccc(-c2nnc(SCC(=O)NNC(=O)COc3ccccc3)o2)c1. The topological polar surface area (TPSA) is 135 Å². The lowest BCUT2D eigenvalue weighted by Crippen LogP contribution is -2.44. The van der Waals surface area contributed by atoms with Gasteiger partial charge in [-0.2, -0.15) is 0 Å². The van der Waals surface area contributed by atoms with Crippen LogP contribution in [-0.4, -0.2) is 40.3 Å². The van der Waals surface area contributed by atoms with Gasteiger partial charge in [-0.1, -0.05) is 36.0 Å². The molecule has 3 rings (SSSR count). The molecule has 3 aromatic rings. The Labute approximate surface area is 181 Å². The Morgan fingerprint density at radius 3 is 2.55 bits per heavy atom. The summed E-state index contributed by atoms with van der Waals surface area (Å²) in [5.41, 5.74) is 5.77. The number of hydrazine groups is 1. The molecular formula is C20H19N5O5S. The molecule has 0 saturated heterocycles. The number of carbonyl (C=O) groups is 3. The van der Waals surface area contributed by atoms with Crippen molar-refractivity contribution in [3.8, 4) is 17.2 Å². The van der Waals surface area contributed by atoms with Gasteiger partial charge in [0.1, 0.15) is 5.75 Å². The number of anilines is 1. The minimum absolute atomic E-state index is 0.0482. The van der Waals surface area contributed by atoms with E-state index in [9.17, 15) is 14.4 Å². The third-order valence-corrected chi connectivity index (χ3v) is 4.44. The Morgan fingerprint density at radius 1 is 1.00 bits per heavy atom. The number of para-hydroxylation sites is 1. The average Bonchev–Trinajstić information content (AvgIpc) is 3.24. The molecule has 0 aliphatic rings. The number of ether oxygens (including phenoxy) is 1. The number of hydrogen-bond acceptors (Lipinski definition) is 8. The van der Waals surface area contributed by atoms with E-state index in [4.69, 9.17) is 9.15 Å². The van der Waals surface area contributed by atoms with Crippen molar-refractivity contribution in [1.29, 1.82) is 0 Å². The van der Waals surface area contributed by atoms with E-state index in [0.717, 1.165) is 11.8 Å². The lowest BCUT2D eigenvalue weighted by molar-refractivity contribution is -0.128. The fraction of sp³-hybridized carbons (Fsp3) is 0.150. The maximum absolute atomic E-state index is 11.9. The molecule has 0 aliphatic heterocycles. The van der Waals surface area contributed by atoms with Crippen molar-refractivity contribution in [2.45, 2.75) is 12.1 Å². The van der Waals surface area contributed by atoms with E-state index in [1.807, 2.05) is 6.07 Å². The van der Waals surface area contributed by atoms with E-state index in [1.165, 1.54) is 6.92 Å². The normalized spacial score (nSPS) is 10.2. The maximum Gasteiger partial charge on any atom is 0.277 e. The molecule has 0 bridgehead atoms. The lowest BCUT2D eigenvalue weighted by atomic mass is 10.2. The molecule has 3 amide bonds. The first-order chi connectivity index (χ1) is 15.0. The molecule has 2 aromatic carbocycles. The van der Waals surface area contributed by atoms with E-state index in [2.05, 4.69) is 26.4 Å². The van der Waals surface area contributed by atoms with Crippen LogP contribution >= 0.6 is 11.8 Å². The highest BCUT2D eigenvalue weighted by molar-refractivity contribution is 7.99. The van der Waals surface area contributed by atoms with Crippen molar-refractivity contribution in [3.05, 3.63) is 54.6 Å². The van der Waals surface area contributed by atoms with Gasteiger partial charge in [0.05, 0.1) is 5.75 Å². The molecule has 0 spiro atoms. The summed E-state index contributed by atoms with van der Waals surface area (Å²) in [6.07, 6.45) is 0. The number of hydrogen-bond donors (Lipinski definition) is 3. The largest absolute Gasteiger partial charge is 0.484 e. The zero-order valence-corrected chi connectivity index (χ0v) is 17.3. The van der Waals surface area contributed by atoms with E-state index < -0.39 is 11.8 Å². The van der Waals surface area contributed by atoms with Crippen LogP contribution in [0.15, 0.2) is 64.2 Å². The second-order valence-corrected chi connectivity index (χ2v) is 7.05. The minimum Gasteiger partial charge on any atom is -0.484 e. The molecule has 0 atom stereocenters. The molecule has 3 N–H and O–H groups in total. The van der Waals surface area contributed by atoms with E-state index in [0.29, 0.717) is 17.0 Å². The summed E-state index contributed by atoms with van der Waals surface area (Å²) in [4.78, 5) is 34.8. The van der Waals surface area contributed by atoms with Crippen LogP contribution in [-0.2, 0) is 14.4 Å². The summed E-state index contributed by atoms with van der Waals surface area (Å²) in [5, 5.41) is 10.7. The molecule has 31 heavy (non-hydrogen) atoms. The van der Waals surface area contributed by atoms with Crippen molar-refractivity contribution in [3.63, 3.8) is 0 Å². The third kappa shape index (κ3) is 7.16. The Kier molecular flexibility index (Phi) is 7.60. The Balaban J connectivity index is 1.42. The van der Waals surface area contributed by atoms with Crippen molar-refractivity contribution in [2.24, 2.45) is 0 Å². The molecule has 0 radical (unpaired) electrons. The Hall–Kier alpha value is -3.86. The number of aromatic nitrogens is 2. The fourth-order valence-corrected chi connectivity index (χ4v) is 2.89. The van der Waals surface area contributed by atoms with Gasteiger partial charge in [-0.3, -0.25) is 25.2 Å². The maximum atomic E-state index is 11.9. The first kappa shape index (κ1) is 21.8. The van der Waals surface area contributed by atoms with Gasteiger partial charge in [0.2, 0.25) is 17.7 Å². The van der Waals surface area contributed by atoms with Gasteiger partial charge >= 0.3 is 0 Å². The Bertz CT molecular complexity index is 1060. The van der Waals surface area contributed by atoms with Gasteiger partial charge in [0.15, 0.2) is 6.61 Å². The van der Waals surface area contributed by atoms with Gasteiger partial charge < -0.3 is 14.5 Å². The van der Waals surface area contributed by atoms with Gasteiger partial charge in [0, 0.05) is 18.2 Å². The number of benzene rings is 2. The molecule has 160 valence electrons. The quantitative estimate of drug-likeness (QED) is 0.357. The summed E-state index contributed by atoms with van der Waals surface area (Å²) in [6, 6.07) is 15.8. The monoisotopic (exact) mass is 441 g/mol. The van der Waals surface area contributed by atoms with Crippen LogP contribution in [0.5, 0.6) is 5.75 Å². The number of nitrogens with zero attached hydrogens (tertiary/aromatic N) is 2. The molecule has 11 heteroatoms. The van der Waals surface area contributed by atoms with Crippen LogP contribution in [0.1, 0.15) is 6.92 Å². The van der Waals surface area contributed by atoms with Gasteiger partial charge in [-0.25, -0.2) is 0 Å². The van der Waals surface area contributed by atoms with Gasteiger partial charge in [-0.15, -0.1) is 10.2 Å². The Morgan fingerprint density at radius 2 is 1.77 bits per heavy atom. The molecule has 0 aliphatic carbocycles. The fourth-order valence-electron chi connectivity index (χ4n) is 2.32. The highest BCUT2D eigenvalue weighted by atomic mass is 32.2. The summed E-state index contributed by atoms with van der Waals surface area (Å²) in [6.45, 7) is 1.18. The second-order valence-electron chi connectivity index (χ2n) is 6.12. The number of nitrogens with one attached hydrogen (secondary N) is 3. The predicted molar refractivity (Wildman–Crippen MR) is 113 cm³/mol. The second kappa shape index (κ2) is 10.8. The zero-order valence-electron chi connectivity index (χ0n) is 16.5. The van der Waals surface area contributed by atoms with E-state index in [1.54, 1.807) is 48.5 Å². The van der Waals surface area contributed by atoms with Crippen molar-refractivity contribution >= 4 is 35.2 Å². The standard InChI is InChI=1S/C20H19N5O5S/c1-13(26)21-15-7-5-6-14(10-15)19-24-25-20(30-19)31-12-18(28)23-22-17(27)11-29-16-8-3-2-4-9-16/h2-10H,11-12H2,1H3,(H,21,26)(H,22,27)(H,23,28). The summed E-state index contributed by atoms with van der Waals surface area (Å²) in [7, 11) is 0. The van der Waals surface area contributed by atoms with Crippen molar-refractivity contribution in [2.75, 3.05) is 17.7 Å². The van der Waals surface area contributed by atoms with Crippen LogP contribution < -0.4 is 20.9 Å². The van der Waals surface area contributed by atoms with Crippen LogP contribution in [0.2, 0.25) is 0 Å². The number of amides is 3. The number of thioether (sulfide) groups is 1. The number of carbonyl (C=O) groups excluding carboxylic acids is 3. The summed E-state index contributed by atoms with van der Waals surface area (Å²) in [5.74, 6) is -0.390.